The molecular formula is C16H15N5O2S. The lowest BCUT2D eigenvalue weighted by Crippen LogP contribution is -2.35. The Bertz CT molecular complexity index is 877. The maximum absolute atomic E-state index is 12.3. The van der Waals surface area contributed by atoms with E-state index in [9.17, 15) is 9.59 Å². The second-order valence-electron chi connectivity index (χ2n) is 5.00. The van der Waals surface area contributed by atoms with Crippen molar-refractivity contribution in [3.63, 3.8) is 0 Å². The summed E-state index contributed by atoms with van der Waals surface area (Å²) < 4.78 is 1.35. The number of aromatic nitrogens is 3. The topological polar surface area (TPSA) is 88.9 Å². The maximum atomic E-state index is 12.3. The van der Waals surface area contributed by atoms with Crippen molar-refractivity contribution in [3.8, 4) is 0 Å². The molecule has 0 saturated heterocycles. The number of anilines is 1. The Hall–Kier alpha value is -3.00. The maximum Gasteiger partial charge on any atom is 0.321 e. The van der Waals surface area contributed by atoms with Gasteiger partial charge in [-0.3, -0.25) is 10.1 Å². The average Bonchev–Trinajstić information content (AvgIpc) is 3.12. The fourth-order valence-electron chi connectivity index (χ4n) is 2.17. The number of hydrogen-bond acceptors (Lipinski definition) is 5. The molecule has 1 atom stereocenters. The van der Waals surface area contributed by atoms with Crippen LogP contribution in [-0.2, 0) is 7.05 Å². The highest BCUT2D eigenvalue weighted by Crippen LogP contribution is 2.23. The summed E-state index contributed by atoms with van der Waals surface area (Å²) in [5.74, 6) is -0.0246. The van der Waals surface area contributed by atoms with Gasteiger partial charge in [0.1, 0.15) is 11.0 Å². The minimum absolute atomic E-state index is 0.0246. The third-order valence-corrected chi connectivity index (χ3v) is 4.20. The lowest BCUT2D eigenvalue weighted by Gasteiger charge is -2.17. The van der Waals surface area contributed by atoms with Gasteiger partial charge in [0.15, 0.2) is 0 Å². The van der Waals surface area contributed by atoms with Crippen LogP contribution in [0.25, 0.3) is 0 Å². The van der Waals surface area contributed by atoms with Crippen LogP contribution in [0.15, 0.2) is 59.1 Å². The van der Waals surface area contributed by atoms with Gasteiger partial charge in [0.2, 0.25) is 5.82 Å². The molecule has 2 amide bonds. The molecule has 122 valence electrons. The van der Waals surface area contributed by atoms with Crippen LogP contribution in [0.5, 0.6) is 0 Å². The molecule has 1 aromatic carbocycles. The normalized spacial score (nSPS) is 11.7. The number of urea groups is 1. The molecular weight excluding hydrogens is 326 g/mol. The molecule has 8 heteroatoms. The zero-order chi connectivity index (χ0) is 16.9. The minimum Gasteiger partial charge on any atom is -0.324 e. The first-order valence-electron chi connectivity index (χ1n) is 7.18. The van der Waals surface area contributed by atoms with Gasteiger partial charge in [-0.1, -0.05) is 30.3 Å². The van der Waals surface area contributed by atoms with E-state index in [1.165, 1.54) is 28.3 Å². The van der Waals surface area contributed by atoms with Crippen LogP contribution in [0.3, 0.4) is 0 Å². The Morgan fingerprint density at radius 2 is 2.00 bits per heavy atom. The first-order chi connectivity index (χ1) is 11.6. The highest BCUT2D eigenvalue weighted by Gasteiger charge is 2.19. The van der Waals surface area contributed by atoms with Crippen molar-refractivity contribution in [1.82, 2.24) is 19.9 Å². The molecule has 3 rings (SSSR count). The molecule has 0 aliphatic rings. The van der Waals surface area contributed by atoms with Crippen molar-refractivity contribution in [1.29, 1.82) is 0 Å². The van der Waals surface area contributed by atoms with Crippen LogP contribution >= 0.6 is 11.3 Å². The smallest absolute Gasteiger partial charge is 0.321 e. The predicted octanol–water partition coefficient (Wildman–Crippen LogP) is 2.15. The Morgan fingerprint density at radius 3 is 2.71 bits per heavy atom. The third-order valence-electron chi connectivity index (χ3n) is 3.36. The largest absolute Gasteiger partial charge is 0.324 e. The van der Waals surface area contributed by atoms with Crippen molar-refractivity contribution < 1.29 is 4.79 Å². The Balaban J connectivity index is 1.82. The van der Waals surface area contributed by atoms with E-state index < -0.39 is 12.1 Å². The number of aryl methyl sites for hydroxylation is 1. The van der Waals surface area contributed by atoms with E-state index in [0.29, 0.717) is 0 Å². The average molecular weight is 341 g/mol. The molecule has 0 aliphatic heterocycles. The van der Waals surface area contributed by atoms with E-state index in [4.69, 9.17) is 0 Å². The summed E-state index contributed by atoms with van der Waals surface area (Å²) in [6.07, 6.45) is 4.66. The van der Waals surface area contributed by atoms with Gasteiger partial charge in [0.05, 0.1) is 0 Å². The number of amides is 2. The fraction of sp³-hybridized carbons (Fsp3) is 0.125. The van der Waals surface area contributed by atoms with E-state index >= 15 is 0 Å². The van der Waals surface area contributed by atoms with Crippen LogP contribution in [-0.4, -0.2) is 20.6 Å². The van der Waals surface area contributed by atoms with Crippen molar-refractivity contribution in [2.75, 3.05) is 5.32 Å². The molecule has 0 radical (unpaired) electrons. The predicted molar refractivity (Wildman–Crippen MR) is 92.0 cm³/mol. The highest BCUT2D eigenvalue weighted by molar-refractivity contribution is 7.09. The SMILES string of the molecule is Cn1ccnc(NC(=O)N[C@H](c2ccccc2)c2nccs2)c1=O. The van der Waals surface area contributed by atoms with Crippen molar-refractivity contribution in [2.45, 2.75) is 6.04 Å². The van der Waals surface area contributed by atoms with Gasteiger partial charge in [-0.15, -0.1) is 11.3 Å². The van der Waals surface area contributed by atoms with Crippen LogP contribution in [0, 0.1) is 0 Å². The summed E-state index contributed by atoms with van der Waals surface area (Å²) in [6, 6.07) is 8.58. The van der Waals surface area contributed by atoms with Gasteiger partial charge in [-0.2, -0.15) is 0 Å². The number of nitrogens with zero attached hydrogens (tertiary/aromatic N) is 3. The Morgan fingerprint density at radius 1 is 1.21 bits per heavy atom. The number of rotatable bonds is 4. The second-order valence-corrected chi connectivity index (χ2v) is 5.93. The monoisotopic (exact) mass is 341 g/mol. The van der Waals surface area contributed by atoms with Gasteiger partial charge in [0.25, 0.3) is 5.56 Å². The van der Waals surface area contributed by atoms with Crippen molar-refractivity contribution >= 4 is 23.2 Å². The molecule has 0 bridgehead atoms. The zero-order valence-corrected chi connectivity index (χ0v) is 13.7. The van der Waals surface area contributed by atoms with Gasteiger partial charge >= 0.3 is 6.03 Å². The van der Waals surface area contributed by atoms with Crippen LogP contribution in [0.1, 0.15) is 16.6 Å². The number of nitrogens with one attached hydrogen (secondary N) is 2. The Kier molecular flexibility index (Phi) is 4.66. The number of hydrogen-bond donors (Lipinski definition) is 2. The van der Waals surface area contributed by atoms with Gasteiger partial charge in [-0.05, 0) is 5.56 Å². The summed E-state index contributed by atoms with van der Waals surface area (Å²) >= 11 is 1.44. The lowest BCUT2D eigenvalue weighted by molar-refractivity contribution is 0.250. The minimum atomic E-state index is -0.519. The van der Waals surface area contributed by atoms with E-state index in [-0.39, 0.29) is 11.4 Å². The zero-order valence-electron chi connectivity index (χ0n) is 12.8. The molecule has 2 N–H and O–H groups in total. The van der Waals surface area contributed by atoms with Gasteiger partial charge in [0, 0.05) is 31.0 Å². The van der Waals surface area contributed by atoms with Crippen LogP contribution < -0.4 is 16.2 Å². The number of benzene rings is 1. The molecule has 0 unspecified atom stereocenters. The number of carbonyl (C=O) groups is 1. The van der Waals surface area contributed by atoms with Crippen LogP contribution in [0.4, 0.5) is 10.6 Å². The van der Waals surface area contributed by atoms with E-state index in [2.05, 4.69) is 20.6 Å². The van der Waals surface area contributed by atoms with Crippen molar-refractivity contribution in [2.24, 2.45) is 7.05 Å². The quantitative estimate of drug-likeness (QED) is 0.761. The van der Waals surface area contributed by atoms with E-state index in [1.54, 1.807) is 13.2 Å². The molecule has 0 spiro atoms. The number of thiazole rings is 1. The van der Waals surface area contributed by atoms with Gasteiger partial charge in [-0.25, -0.2) is 14.8 Å². The lowest BCUT2D eigenvalue weighted by atomic mass is 10.1. The second kappa shape index (κ2) is 7.05. The van der Waals surface area contributed by atoms with Crippen molar-refractivity contribution in [3.05, 3.63) is 75.2 Å². The standard InChI is InChI=1S/C16H15N5O2S/c1-21-9-7-17-13(15(21)22)20-16(23)19-12(14-18-8-10-24-14)11-5-3-2-4-6-11/h2-10,12H,1H3,(H2,17,19,20,23)/t12-/m1/s1. The number of carbonyl (C=O) groups excluding carboxylic acids is 1. The summed E-state index contributed by atoms with van der Waals surface area (Å²) in [5.41, 5.74) is 0.523. The first kappa shape index (κ1) is 15.9. The van der Waals surface area contributed by atoms with E-state index in [0.717, 1.165) is 10.6 Å². The third kappa shape index (κ3) is 3.49. The van der Waals surface area contributed by atoms with Crippen LogP contribution in [0.2, 0.25) is 0 Å². The molecule has 0 fully saturated rings. The molecule has 2 aromatic heterocycles. The molecule has 2 heterocycles. The molecule has 0 aliphatic carbocycles. The molecule has 3 aromatic rings. The molecule has 24 heavy (non-hydrogen) atoms. The fourth-order valence-corrected chi connectivity index (χ4v) is 2.88. The summed E-state index contributed by atoms with van der Waals surface area (Å²) in [5, 5.41) is 7.94. The summed E-state index contributed by atoms with van der Waals surface area (Å²) in [7, 11) is 1.59. The van der Waals surface area contributed by atoms with E-state index in [1.807, 2.05) is 35.7 Å². The van der Waals surface area contributed by atoms with Gasteiger partial charge < -0.3 is 9.88 Å². The summed E-state index contributed by atoms with van der Waals surface area (Å²) in [4.78, 5) is 32.4. The summed E-state index contributed by atoms with van der Waals surface area (Å²) in [6.45, 7) is 0. The highest BCUT2D eigenvalue weighted by atomic mass is 32.1. The molecule has 0 saturated carbocycles. The Labute approximate surface area is 142 Å². The molecule has 7 nitrogen and oxygen atoms in total. The first-order valence-corrected chi connectivity index (χ1v) is 8.06.